The summed E-state index contributed by atoms with van der Waals surface area (Å²) in [5.74, 6) is 0. The molecule has 0 saturated heterocycles. The Morgan fingerprint density at radius 1 is 1.45 bits per heavy atom. The molecule has 0 aromatic carbocycles. The van der Waals surface area contributed by atoms with Gasteiger partial charge in [0.05, 0.1) is 6.34 Å². The van der Waals surface area contributed by atoms with Crippen molar-refractivity contribution in [2.24, 2.45) is 15.0 Å². The van der Waals surface area contributed by atoms with Crippen LogP contribution in [0.25, 0.3) is 0 Å². The molecule has 0 aromatic heterocycles. The van der Waals surface area contributed by atoms with Gasteiger partial charge in [0, 0.05) is 0 Å². The van der Waals surface area contributed by atoms with Gasteiger partial charge in [-0.15, -0.1) is 25.3 Å². The first kappa shape index (κ1) is 7.17. The number of rotatable bonds is 0. The topological polar surface area (TPSA) is 49.1 Å². The molecule has 2 aliphatic rings. The Balaban J connectivity index is 2.33. The molecule has 0 radical (unpaired) electrons. The van der Waals surface area contributed by atoms with E-state index < -0.39 is 0 Å². The van der Waals surface area contributed by atoms with Crippen LogP contribution in [-0.4, -0.2) is 28.8 Å². The lowest BCUT2D eigenvalue weighted by Crippen LogP contribution is -2.36. The second-order valence-electron chi connectivity index (χ2n) is 2.23. The molecule has 0 saturated carbocycles. The van der Waals surface area contributed by atoms with Crippen molar-refractivity contribution >= 4 is 41.8 Å². The molecule has 0 aliphatic carbocycles. The number of thiol groups is 2. The Kier molecular flexibility index (Phi) is 1.65. The standard InChI is InChI=1S/C5H6N4S2/c10-4-2-3(7-1-6-2)8-5(11)9-4/h1-3H,(H,6,7)(H2,8,9,10,11). The predicted molar refractivity (Wildman–Crippen MR) is 52.0 cm³/mol. The van der Waals surface area contributed by atoms with E-state index in [4.69, 9.17) is 0 Å². The minimum Gasteiger partial charge on any atom is -0.353 e. The SMILES string of the molecule is SC1=NC2NC=NC2C(S)=N1. The molecule has 2 rings (SSSR count). The summed E-state index contributed by atoms with van der Waals surface area (Å²) in [7, 11) is 0. The summed E-state index contributed by atoms with van der Waals surface area (Å²) in [6, 6.07) is -0.0470. The number of hydrogen-bond donors (Lipinski definition) is 3. The van der Waals surface area contributed by atoms with Crippen LogP contribution >= 0.6 is 25.3 Å². The maximum absolute atomic E-state index is 4.16. The van der Waals surface area contributed by atoms with Gasteiger partial charge >= 0.3 is 0 Å². The molecule has 58 valence electrons. The smallest absolute Gasteiger partial charge is 0.182 e. The average Bonchev–Trinajstić information content (AvgIpc) is 2.34. The van der Waals surface area contributed by atoms with Crippen LogP contribution < -0.4 is 5.32 Å². The molecule has 2 unspecified atom stereocenters. The molecule has 2 aliphatic heterocycles. The number of hydrogen-bond acceptors (Lipinski definition) is 4. The fourth-order valence-electron chi connectivity index (χ4n) is 1.01. The molecule has 4 nitrogen and oxygen atoms in total. The van der Waals surface area contributed by atoms with Crippen LogP contribution in [0.5, 0.6) is 0 Å². The Morgan fingerprint density at radius 2 is 2.27 bits per heavy atom. The molecule has 0 amide bonds. The van der Waals surface area contributed by atoms with Crippen molar-refractivity contribution in [3.05, 3.63) is 0 Å². The molecule has 0 spiro atoms. The van der Waals surface area contributed by atoms with E-state index >= 15 is 0 Å². The van der Waals surface area contributed by atoms with Crippen molar-refractivity contribution in [3.8, 4) is 0 Å². The molecule has 0 aromatic rings. The summed E-state index contributed by atoms with van der Waals surface area (Å²) in [6.07, 6.45) is 1.57. The molecule has 2 heterocycles. The maximum Gasteiger partial charge on any atom is 0.182 e. The maximum atomic E-state index is 4.16. The highest BCUT2D eigenvalue weighted by molar-refractivity contribution is 7.98. The van der Waals surface area contributed by atoms with Gasteiger partial charge in [-0.2, -0.15) is 0 Å². The van der Waals surface area contributed by atoms with E-state index in [-0.39, 0.29) is 12.2 Å². The van der Waals surface area contributed by atoms with Gasteiger partial charge in [0.15, 0.2) is 11.3 Å². The second kappa shape index (κ2) is 2.53. The van der Waals surface area contributed by atoms with E-state index in [0.717, 1.165) is 0 Å². The lowest BCUT2D eigenvalue weighted by atomic mass is 10.2. The summed E-state index contributed by atoms with van der Waals surface area (Å²) >= 11 is 8.18. The van der Waals surface area contributed by atoms with Crippen molar-refractivity contribution < 1.29 is 0 Å². The third-order valence-corrected chi connectivity index (χ3v) is 2.09. The summed E-state index contributed by atoms with van der Waals surface area (Å²) in [4.78, 5) is 12.2. The van der Waals surface area contributed by atoms with Crippen molar-refractivity contribution in [3.63, 3.8) is 0 Å². The number of nitrogens with one attached hydrogen (secondary N) is 1. The molecule has 2 atom stereocenters. The van der Waals surface area contributed by atoms with Crippen LogP contribution in [-0.2, 0) is 0 Å². The van der Waals surface area contributed by atoms with Crippen LogP contribution in [0, 0.1) is 0 Å². The lowest BCUT2D eigenvalue weighted by Gasteiger charge is -2.17. The van der Waals surface area contributed by atoms with Gasteiger partial charge in [-0.25, -0.2) is 9.98 Å². The van der Waals surface area contributed by atoms with E-state index in [0.29, 0.717) is 10.2 Å². The minimum atomic E-state index is -0.0486. The lowest BCUT2D eigenvalue weighted by molar-refractivity contribution is 0.639. The van der Waals surface area contributed by atoms with Crippen molar-refractivity contribution in [2.75, 3.05) is 0 Å². The van der Waals surface area contributed by atoms with E-state index in [1.54, 1.807) is 6.34 Å². The van der Waals surface area contributed by atoms with Crippen LogP contribution in [0.4, 0.5) is 0 Å². The molecule has 11 heavy (non-hydrogen) atoms. The van der Waals surface area contributed by atoms with Gasteiger partial charge in [0.2, 0.25) is 0 Å². The first-order valence-corrected chi connectivity index (χ1v) is 3.99. The van der Waals surface area contributed by atoms with Gasteiger partial charge < -0.3 is 5.32 Å². The summed E-state index contributed by atoms with van der Waals surface area (Å²) in [6.45, 7) is 0. The number of fused-ring (bicyclic) bond motifs is 1. The second-order valence-corrected chi connectivity index (χ2v) is 3.09. The predicted octanol–water partition coefficient (Wildman–Crippen LogP) is -0.0597. The summed E-state index contributed by atoms with van der Waals surface area (Å²) in [5, 5.41) is 4.08. The Labute approximate surface area is 74.7 Å². The number of nitrogens with zero attached hydrogens (tertiary/aromatic N) is 3. The van der Waals surface area contributed by atoms with E-state index in [1.165, 1.54) is 0 Å². The van der Waals surface area contributed by atoms with E-state index in [2.05, 4.69) is 45.6 Å². The first-order valence-electron chi connectivity index (χ1n) is 3.09. The third kappa shape index (κ3) is 1.16. The van der Waals surface area contributed by atoms with Crippen molar-refractivity contribution in [2.45, 2.75) is 12.2 Å². The largest absolute Gasteiger partial charge is 0.353 e. The van der Waals surface area contributed by atoms with Crippen LogP contribution in [0.3, 0.4) is 0 Å². The molecule has 1 N–H and O–H groups in total. The summed E-state index contributed by atoms with van der Waals surface area (Å²) < 4.78 is 0. The average molecular weight is 186 g/mol. The van der Waals surface area contributed by atoms with Crippen LogP contribution in [0.1, 0.15) is 0 Å². The van der Waals surface area contributed by atoms with Gasteiger partial charge in [-0.05, 0) is 0 Å². The zero-order valence-corrected chi connectivity index (χ0v) is 7.26. The molecule has 0 fully saturated rings. The first-order chi connectivity index (χ1) is 5.27. The van der Waals surface area contributed by atoms with Crippen molar-refractivity contribution in [1.29, 1.82) is 0 Å². The van der Waals surface area contributed by atoms with E-state index in [1.807, 2.05) is 0 Å². The Hall–Kier alpha value is -0.490. The zero-order chi connectivity index (χ0) is 7.84. The molecular weight excluding hydrogens is 180 g/mol. The van der Waals surface area contributed by atoms with Gasteiger partial charge in [0.1, 0.15) is 11.1 Å². The highest BCUT2D eigenvalue weighted by Crippen LogP contribution is 2.16. The van der Waals surface area contributed by atoms with Crippen molar-refractivity contribution in [1.82, 2.24) is 5.32 Å². The highest BCUT2D eigenvalue weighted by Gasteiger charge is 2.29. The van der Waals surface area contributed by atoms with Gasteiger partial charge in [0.25, 0.3) is 0 Å². The minimum absolute atomic E-state index is 0.0470. The molecular formula is C5H6N4S2. The quantitative estimate of drug-likeness (QED) is 0.456. The fraction of sp³-hybridized carbons (Fsp3) is 0.400. The zero-order valence-electron chi connectivity index (χ0n) is 5.47. The molecule has 0 bridgehead atoms. The number of amidine groups is 1. The van der Waals surface area contributed by atoms with Crippen LogP contribution in [0.15, 0.2) is 15.0 Å². The number of aliphatic imine (C=N–C) groups is 3. The fourth-order valence-corrected chi connectivity index (χ4v) is 1.62. The Bertz CT molecular complexity index is 270. The van der Waals surface area contributed by atoms with Gasteiger partial charge in [-0.1, -0.05) is 0 Å². The monoisotopic (exact) mass is 186 g/mol. The third-order valence-electron chi connectivity index (χ3n) is 1.51. The summed E-state index contributed by atoms with van der Waals surface area (Å²) in [5.41, 5.74) is 0. The van der Waals surface area contributed by atoms with E-state index in [9.17, 15) is 0 Å². The Morgan fingerprint density at radius 3 is 3.09 bits per heavy atom. The molecule has 6 heteroatoms. The normalized spacial score (nSPS) is 34.0. The van der Waals surface area contributed by atoms with Gasteiger partial charge in [-0.3, -0.25) is 4.99 Å². The van der Waals surface area contributed by atoms with Crippen LogP contribution in [0.2, 0.25) is 0 Å². The highest BCUT2D eigenvalue weighted by atomic mass is 32.1.